The standard InChI is InChI=1S/C19H17N5O/c25-19(24-11-9-15-5-1-2-6-17(15)24)16-7-8-18(23-22-16)21-13-14-4-3-10-20-12-14/h1-8,10,12H,9,11,13H2,(H,21,23). The second-order valence-corrected chi connectivity index (χ2v) is 5.85. The van der Waals surface area contributed by atoms with Crippen LogP contribution in [0.25, 0.3) is 0 Å². The Morgan fingerprint density at radius 1 is 1.08 bits per heavy atom. The minimum Gasteiger partial charge on any atom is -0.364 e. The van der Waals surface area contributed by atoms with Crippen LogP contribution in [0.5, 0.6) is 0 Å². The van der Waals surface area contributed by atoms with Gasteiger partial charge in [0, 0.05) is 31.2 Å². The number of carbonyl (C=O) groups is 1. The summed E-state index contributed by atoms with van der Waals surface area (Å²) in [7, 11) is 0. The molecule has 1 amide bonds. The molecule has 0 spiro atoms. The topological polar surface area (TPSA) is 71.0 Å². The molecule has 0 saturated heterocycles. The predicted octanol–water partition coefficient (Wildman–Crippen LogP) is 2.69. The van der Waals surface area contributed by atoms with Gasteiger partial charge in [0.05, 0.1) is 0 Å². The monoisotopic (exact) mass is 331 g/mol. The Bertz CT molecular complexity index is 880. The van der Waals surface area contributed by atoms with E-state index in [1.807, 2.05) is 30.3 Å². The van der Waals surface area contributed by atoms with Crippen molar-refractivity contribution in [2.24, 2.45) is 0 Å². The molecule has 2 aromatic heterocycles. The van der Waals surface area contributed by atoms with Crippen LogP contribution < -0.4 is 10.2 Å². The Labute approximate surface area is 145 Å². The number of rotatable bonds is 4. The van der Waals surface area contributed by atoms with E-state index in [4.69, 9.17) is 0 Å². The largest absolute Gasteiger partial charge is 0.364 e. The van der Waals surface area contributed by atoms with Crippen LogP contribution in [0.3, 0.4) is 0 Å². The molecule has 6 nitrogen and oxygen atoms in total. The van der Waals surface area contributed by atoms with Gasteiger partial charge >= 0.3 is 0 Å². The Morgan fingerprint density at radius 3 is 2.80 bits per heavy atom. The smallest absolute Gasteiger partial charge is 0.278 e. The summed E-state index contributed by atoms with van der Waals surface area (Å²) in [6, 6.07) is 15.3. The first kappa shape index (κ1) is 15.3. The van der Waals surface area contributed by atoms with Gasteiger partial charge in [-0.3, -0.25) is 9.78 Å². The molecule has 3 heterocycles. The van der Waals surface area contributed by atoms with Gasteiger partial charge in [-0.2, -0.15) is 0 Å². The van der Waals surface area contributed by atoms with E-state index in [0.717, 1.165) is 17.7 Å². The fourth-order valence-electron chi connectivity index (χ4n) is 2.92. The molecule has 1 N–H and O–H groups in total. The lowest BCUT2D eigenvalue weighted by Crippen LogP contribution is -2.29. The van der Waals surface area contributed by atoms with Crippen LogP contribution in [-0.4, -0.2) is 27.6 Å². The summed E-state index contributed by atoms with van der Waals surface area (Å²) in [5.41, 5.74) is 3.56. The SMILES string of the molecule is O=C(c1ccc(NCc2cccnc2)nn1)N1CCc2ccccc21. The van der Waals surface area contributed by atoms with Gasteiger partial charge in [-0.05, 0) is 41.8 Å². The number of hydrogen-bond acceptors (Lipinski definition) is 5. The first-order valence-corrected chi connectivity index (χ1v) is 8.17. The van der Waals surface area contributed by atoms with E-state index >= 15 is 0 Å². The first-order valence-electron chi connectivity index (χ1n) is 8.17. The molecule has 6 heteroatoms. The number of fused-ring (bicyclic) bond motifs is 1. The van der Waals surface area contributed by atoms with E-state index in [1.54, 1.807) is 29.4 Å². The highest BCUT2D eigenvalue weighted by atomic mass is 16.2. The molecule has 25 heavy (non-hydrogen) atoms. The van der Waals surface area contributed by atoms with Crippen molar-refractivity contribution in [2.75, 3.05) is 16.8 Å². The maximum Gasteiger partial charge on any atom is 0.278 e. The van der Waals surface area contributed by atoms with Crippen molar-refractivity contribution in [2.45, 2.75) is 13.0 Å². The van der Waals surface area contributed by atoms with Crippen molar-refractivity contribution >= 4 is 17.4 Å². The fraction of sp³-hybridized carbons (Fsp3) is 0.158. The third-order valence-electron chi connectivity index (χ3n) is 4.21. The van der Waals surface area contributed by atoms with Gasteiger partial charge in [0.15, 0.2) is 5.69 Å². The van der Waals surface area contributed by atoms with Crippen LogP contribution in [-0.2, 0) is 13.0 Å². The number of carbonyl (C=O) groups excluding carboxylic acids is 1. The summed E-state index contributed by atoms with van der Waals surface area (Å²) < 4.78 is 0. The lowest BCUT2D eigenvalue weighted by atomic mass is 10.2. The van der Waals surface area contributed by atoms with E-state index < -0.39 is 0 Å². The molecular weight excluding hydrogens is 314 g/mol. The number of benzene rings is 1. The van der Waals surface area contributed by atoms with Gasteiger partial charge in [0.2, 0.25) is 0 Å². The molecule has 3 aromatic rings. The summed E-state index contributed by atoms with van der Waals surface area (Å²) in [5.74, 6) is 0.512. The van der Waals surface area contributed by atoms with Crippen molar-refractivity contribution in [3.8, 4) is 0 Å². The van der Waals surface area contributed by atoms with E-state index in [2.05, 4.69) is 26.6 Å². The van der Waals surface area contributed by atoms with Gasteiger partial charge < -0.3 is 10.2 Å². The highest BCUT2D eigenvalue weighted by Crippen LogP contribution is 2.28. The molecule has 1 aliphatic heterocycles. The Kier molecular flexibility index (Phi) is 4.08. The van der Waals surface area contributed by atoms with Crippen molar-refractivity contribution < 1.29 is 4.79 Å². The summed E-state index contributed by atoms with van der Waals surface area (Å²) in [6.45, 7) is 1.29. The number of anilines is 2. The second-order valence-electron chi connectivity index (χ2n) is 5.85. The average molecular weight is 331 g/mol. The Morgan fingerprint density at radius 2 is 2.00 bits per heavy atom. The molecule has 1 aliphatic rings. The van der Waals surface area contributed by atoms with Crippen LogP contribution >= 0.6 is 0 Å². The number of nitrogens with zero attached hydrogens (tertiary/aromatic N) is 4. The van der Waals surface area contributed by atoms with Crippen LogP contribution in [0.1, 0.15) is 21.6 Å². The number of pyridine rings is 1. The van der Waals surface area contributed by atoms with E-state index in [-0.39, 0.29) is 5.91 Å². The summed E-state index contributed by atoms with van der Waals surface area (Å²) in [6.07, 6.45) is 4.41. The van der Waals surface area contributed by atoms with Crippen LogP contribution in [0.2, 0.25) is 0 Å². The molecule has 0 bridgehead atoms. The number of hydrogen-bond donors (Lipinski definition) is 1. The molecule has 0 unspecified atom stereocenters. The molecule has 1 aromatic carbocycles. The van der Waals surface area contributed by atoms with Crippen LogP contribution in [0.15, 0.2) is 60.9 Å². The zero-order valence-corrected chi connectivity index (χ0v) is 13.6. The van der Waals surface area contributed by atoms with Crippen LogP contribution in [0, 0.1) is 0 Å². The van der Waals surface area contributed by atoms with E-state index in [9.17, 15) is 4.79 Å². The molecule has 0 fully saturated rings. The lowest BCUT2D eigenvalue weighted by molar-refractivity contribution is 0.0983. The predicted molar refractivity (Wildman–Crippen MR) is 95.4 cm³/mol. The number of nitrogens with one attached hydrogen (secondary N) is 1. The molecular formula is C19H17N5O. The molecule has 0 saturated carbocycles. The summed E-state index contributed by atoms with van der Waals surface area (Å²) >= 11 is 0. The highest BCUT2D eigenvalue weighted by molar-refractivity contribution is 6.06. The molecule has 4 rings (SSSR count). The number of aromatic nitrogens is 3. The van der Waals surface area contributed by atoms with Gasteiger partial charge in [-0.1, -0.05) is 24.3 Å². The summed E-state index contributed by atoms with van der Waals surface area (Å²) in [5, 5.41) is 11.4. The first-order chi connectivity index (χ1) is 12.3. The second kappa shape index (κ2) is 6.68. The van der Waals surface area contributed by atoms with Gasteiger partial charge in [-0.15, -0.1) is 10.2 Å². The average Bonchev–Trinajstić information content (AvgIpc) is 3.11. The highest BCUT2D eigenvalue weighted by Gasteiger charge is 2.26. The normalized spacial score (nSPS) is 12.7. The quantitative estimate of drug-likeness (QED) is 0.796. The van der Waals surface area contributed by atoms with Gasteiger partial charge in [0.25, 0.3) is 5.91 Å². The van der Waals surface area contributed by atoms with Crippen molar-refractivity contribution in [1.82, 2.24) is 15.2 Å². The zero-order chi connectivity index (χ0) is 17.1. The molecule has 0 atom stereocenters. The maximum atomic E-state index is 12.7. The van der Waals surface area contributed by atoms with Gasteiger partial charge in [0.1, 0.15) is 5.82 Å². The minimum absolute atomic E-state index is 0.115. The third-order valence-corrected chi connectivity index (χ3v) is 4.21. The Balaban J connectivity index is 1.44. The van der Waals surface area contributed by atoms with Crippen molar-refractivity contribution in [3.63, 3.8) is 0 Å². The molecule has 124 valence electrons. The lowest BCUT2D eigenvalue weighted by Gasteiger charge is -2.16. The molecule has 0 aliphatic carbocycles. The Hall–Kier alpha value is -3.28. The minimum atomic E-state index is -0.115. The maximum absolute atomic E-state index is 12.7. The van der Waals surface area contributed by atoms with Gasteiger partial charge in [-0.25, -0.2) is 0 Å². The third kappa shape index (κ3) is 3.19. The van der Waals surface area contributed by atoms with Crippen molar-refractivity contribution in [3.05, 3.63) is 77.7 Å². The summed E-state index contributed by atoms with van der Waals surface area (Å²) in [4.78, 5) is 18.5. The number of para-hydroxylation sites is 1. The van der Waals surface area contributed by atoms with Crippen molar-refractivity contribution in [1.29, 1.82) is 0 Å². The fourth-order valence-corrected chi connectivity index (χ4v) is 2.92. The van der Waals surface area contributed by atoms with E-state index in [0.29, 0.717) is 24.6 Å². The van der Waals surface area contributed by atoms with Crippen LogP contribution in [0.4, 0.5) is 11.5 Å². The number of amides is 1. The van der Waals surface area contributed by atoms with E-state index in [1.165, 1.54) is 5.56 Å². The zero-order valence-electron chi connectivity index (χ0n) is 13.6. The molecule has 0 radical (unpaired) electrons.